The summed E-state index contributed by atoms with van der Waals surface area (Å²) in [6.07, 6.45) is 7.27. The van der Waals surface area contributed by atoms with E-state index in [2.05, 4.69) is 13.8 Å². The number of hydrogen-bond acceptors (Lipinski definition) is 4. The average molecular weight is 425 g/mol. The first-order valence-electron chi connectivity index (χ1n) is 5.97. The summed E-state index contributed by atoms with van der Waals surface area (Å²) >= 11 is 0.149. The van der Waals surface area contributed by atoms with E-state index in [0.29, 0.717) is 12.5 Å². The molecule has 0 saturated heterocycles. The van der Waals surface area contributed by atoms with Gasteiger partial charge in [0.05, 0.1) is 12.5 Å². The molecule has 9 heteroatoms. The van der Waals surface area contributed by atoms with Crippen molar-refractivity contribution in [3.05, 3.63) is 0 Å². The van der Waals surface area contributed by atoms with E-state index in [1.165, 1.54) is 25.7 Å². The van der Waals surface area contributed by atoms with E-state index in [0.717, 1.165) is 0 Å². The quantitative estimate of drug-likeness (QED) is 0.384. The Hall–Kier alpha value is 0.619. The van der Waals surface area contributed by atoms with Gasteiger partial charge in [0, 0.05) is 0 Å². The van der Waals surface area contributed by atoms with Gasteiger partial charge in [0.25, 0.3) is 20.2 Å². The van der Waals surface area contributed by atoms with Crippen LogP contribution in [0.1, 0.15) is 39.5 Å². The molecule has 0 bridgehead atoms. The first-order valence-corrected chi connectivity index (χ1v) is 13.7. The van der Waals surface area contributed by atoms with Gasteiger partial charge in [-0.05, 0) is 0 Å². The molecule has 0 rings (SSSR count). The first-order chi connectivity index (χ1) is 8.41. The third kappa shape index (κ3) is 117. The van der Waals surface area contributed by atoms with E-state index in [-0.39, 0.29) is 21.1 Å². The van der Waals surface area contributed by atoms with Crippen molar-refractivity contribution >= 4 is 41.4 Å². The van der Waals surface area contributed by atoms with E-state index >= 15 is 0 Å². The minimum atomic E-state index is -3.67. The Labute approximate surface area is 128 Å². The van der Waals surface area contributed by atoms with Crippen LogP contribution in [0.2, 0.25) is 8.87 Å². The maximum absolute atomic E-state index is 9.19. The molecule has 0 aliphatic carbocycles. The second-order valence-corrected chi connectivity index (χ2v) is 11.1. The predicted molar refractivity (Wildman–Crippen MR) is 80.1 cm³/mol. The fraction of sp³-hybridized carbons (Fsp3) is 1.00. The molecule has 2 N–H and O–H groups in total. The predicted octanol–water partition coefficient (Wildman–Crippen LogP) is 2.14. The van der Waals surface area contributed by atoms with Crippen LogP contribution in [-0.2, 0) is 20.2 Å². The Balaban J connectivity index is -0.000000219. The second-order valence-electron chi connectivity index (χ2n) is 3.92. The van der Waals surface area contributed by atoms with Crippen molar-refractivity contribution in [1.29, 1.82) is 0 Å². The Kier molecular flexibility index (Phi) is 19.5. The fourth-order valence-corrected chi connectivity index (χ4v) is 4.89. The topological polar surface area (TPSA) is 109 Å². The van der Waals surface area contributed by atoms with Crippen LogP contribution in [0.15, 0.2) is 0 Å². The summed E-state index contributed by atoms with van der Waals surface area (Å²) in [7, 11) is -7.33. The molecule has 0 aromatic carbocycles. The van der Waals surface area contributed by atoms with Crippen molar-refractivity contribution in [3.63, 3.8) is 0 Å². The molecule has 0 aromatic heterocycles. The second kappa shape index (κ2) is 15.0. The summed E-state index contributed by atoms with van der Waals surface area (Å²) in [6, 6.07) is 0. The monoisotopic (exact) mass is 426 g/mol. The summed E-state index contributed by atoms with van der Waals surface area (Å²) in [5.74, 6) is 0. The smallest absolute Gasteiger partial charge is 0.261 e. The summed E-state index contributed by atoms with van der Waals surface area (Å²) in [5, 5.41) is 0. The fourth-order valence-electron chi connectivity index (χ4n) is 0.729. The maximum Gasteiger partial charge on any atom is 0.261 e. The molecule has 118 valence electrons. The Morgan fingerprint density at radius 2 is 1.00 bits per heavy atom. The van der Waals surface area contributed by atoms with Crippen LogP contribution in [-0.4, -0.2) is 59.6 Å². The van der Waals surface area contributed by atoms with Gasteiger partial charge in [0.2, 0.25) is 0 Å². The molecule has 0 saturated carbocycles. The Morgan fingerprint density at radius 1 is 0.789 bits per heavy atom. The van der Waals surface area contributed by atoms with E-state index in [9.17, 15) is 16.8 Å². The number of rotatable bonds is 6. The molecule has 0 spiro atoms. The molecule has 0 aliphatic rings. The summed E-state index contributed by atoms with van der Waals surface area (Å²) in [4.78, 5) is 0. The number of unbranched alkanes of at least 4 members (excludes halogenated alkanes) is 2. The molecule has 0 amide bonds. The van der Waals surface area contributed by atoms with Crippen molar-refractivity contribution in [1.82, 2.24) is 0 Å². The third-order valence-corrected chi connectivity index (χ3v) is 5.45. The van der Waals surface area contributed by atoms with Crippen LogP contribution >= 0.6 is 0 Å². The van der Waals surface area contributed by atoms with Crippen molar-refractivity contribution in [2.45, 2.75) is 48.4 Å². The van der Waals surface area contributed by atoms with Crippen LogP contribution in [0.25, 0.3) is 0 Å². The van der Waals surface area contributed by atoms with Gasteiger partial charge in [-0.2, -0.15) is 16.8 Å². The van der Waals surface area contributed by atoms with Gasteiger partial charge in [-0.15, -0.1) is 0 Å². The molecule has 0 aromatic rings. The third-order valence-electron chi connectivity index (χ3n) is 1.41. The van der Waals surface area contributed by atoms with Crippen molar-refractivity contribution < 1.29 is 25.9 Å². The SMILES string of the molecule is CCC[CH2][Sn][CH2]CCC.CS(=O)(=O)O.CS(=O)(=O)O. The summed E-state index contributed by atoms with van der Waals surface area (Å²) < 4.78 is 55.0. The van der Waals surface area contributed by atoms with Gasteiger partial charge in [-0.1, -0.05) is 0 Å². The van der Waals surface area contributed by atoms with Crippen molar-refractivity contribution in [2.75, 3.05) is 12.5 Å². The van der Waals surface area contributed by atoms with Crippen molar-refractivity contribution in [3.8, 4) is 0 Å². The van der Waals surface area contributed by atoms with Crippen LogP contribution in [0.5, 0.6) is 0 Å². The standard InChI is InChI=1S/2C4H9.2CH4O3S.Sn/c2*1-3-4-2;2*1-5(2,3)4;/h2*1,3-4H2,2H3;2*1H3,(H,2,3,4);. The molecule has 0 heterocycles. The average Bonchev–Trinajstić information content (AvgIpc) is 2.12. The molecule has 19 heavy (non-hydrogen) atoms. The van der Waals surface area contributed by atoms with E-state index in [1.807, 2.05) is 0 Å². The van der Waals surface area contributed by atoms with Crippen LogP contribution in [0, 0.1) is 0 Å². The van der Waals surface area contributed by atoms with Crippen LogP contribution in [0.3, 0.4) is 0 Å². The zero-order valence-electron chi connectivity index (χ0n) is 12.1. The van der Waals surface area contributed by atoms with Gasteiger partial charge >= 0.3 is 69.5 Å². The van der Waals surface area contributed by atoms with Gasteiger partial charge in [-0.25, -0.2) is 0 Å². The van der Waals surface area contributed by atoms with Crippen LogP contribution in [0.4, 0.5) is 0 Å². The Morgan fingerprint density at radius 3 is 1.16 bits per heavy atom. The van der Waals surface area contributed by atoms with Gasteiger partial charge < -0.3 is 0 Å². The van der Waals surface area contributed by atoms with E-state index < -0.39 is 20.2 Å². The van der Waals surface area contributed by atoms with E-state index in [4.69, 9.17) is 9.11 Å². The molecule has 0 atom stereocenters. The van der Waals surface area contributed by atoms with Gasteiger partial charge in [-0.3, -0.25) is 9.11 Å². The van der Waals surface area contributed by atoms with Crippen molar-refractivity contribution in [2.24, 2.45) is 0 Å². The normalized spacial score (nSPS) is 10.8. The first kappa shape index (κ1) is 24.6. The zero-order chi connectivity index (χ0) is 15.9. The van der Waals surface area contributed by atoms with Crippen LogP contribution < -0.4 is 0 Å². The summed E-state index contributed by atoms with van der Waals surface area (Å²) in [5.41, 5.74) is 0. The molecule has 2 radical (unpaired) electrons. The molecular formula is C10H26O6S2Sn. The summed E-state index contributed by atoms with van der Waals surface area (Å²) in [6.45, 7) is 4.58. The minimum absolute atomic E-state index is 0.149. The maximum atomic E-state index is 9.19. The van der Waals surface area contributed by atoms with E-state index in [1.54, 1.807) is 8.87 Å². The molecule has 0 aliphatic heterocycles. The molecule has 6 nitrogen and oxygen atoms in total. The van der Waals surface area contributed by atoms with Gasteiger partial charge in [0.1, 0.15) is 0 Å². The number of hydrogen-bond donors (Lipinski definition) is 2. The zero-order valence-corrected chi connectivity index (χ0v) is 16.6. The largest absolute Gasteiger partial charge is 0.286 e. The van der Waals surface area contributed by atoms with Gasteiger partial charge in [0.15, 0.2) is 0 Å². The Bertz CT molecular complexity index is 311. The molecule has 0 unspecified atom stereocenters. The minimum Gasteiger partial charge on any atom is -0.286 e. The molecule has 0 fully saturated rings. The molecular weight excluding hydrogens is 399 g/mol.